The number of carbonyl (C=O) groups excluding carboxylic acids is 1. The second kappa shape index (κ2) is 15.0. The Morgan fingerprint density at radius 1 is 0.720 bits per heavy atom. The first-order valence-electron chi connectivity index (χ1n) is 10.5. The van der Waals surface area contributed by atoms with Crippen LogP contribution >= 0.6 is 0 Å². The van der Waals surface area contributed by atoms with Gasteiger partial charge in [0.15, 0.2) is 0 Å². The van der Waals surface area contributed by atoms with E-state index in [0.29, 0.717) is 0 Å². The molecule has 25 heavy (non-hydrogen) atoms. The Kier molecular flexibility index (Phi) is 13.0. The van der Waals surface area contributed by atoms with Crippen molar-refractivity contribution < 1.29 is 9.90 Å². The van der Waals surface area contributed by atoms with Gasteiger partial charge in [-0.05, 0) is 68.6 Å². The molecule has 0 aromatic carbocycles. The van der Waals surface area contributed by atoms with Crippen LogP contribution in [0.1, 0.15) is 103 Å². The molecule has 2 rings (SSSR count). The highest BCUT2D eigenvalue weighted by molar-refractivity contribution is 5.76. The lowest BCUT2D eigenvalue weighted by Crippen LogP contribution is -2.17. The van der Waals surface area contributed by atoms with Gasteiger partial charge in [-0.3, -0.25) is 0 Å². The molecule has 2 nitrogen and oxygen atoms in total. The number of carboxylic acids is 1. The predicted molar refractivity (Wildman–Crippen MR) is 105 cm³/mol. The molecule has 0 aromatic rings. The Morgan fingerprint density at radius 2 is 1.04 bits per heavy atom. The first kappa shape index (κ1) is 21.7. The van der Waals surface area contributed by atoms with Crippen LogP contribution in [0.2, 0.25) is 0 Å². The van der Waals surface area contributed by atoms with Crippen molar-refractivity contribution >= 4 is 5.97 Å². The monoisotopic (exact) mass is 345 g/mol. The molecule has 0 saturated carbocycles. The lowest BCUT2D eigenvalue weighted by atomic mass is 9.90. The number of allylic oxidation sites excluding steroid dienone is 4. The first-order valence-corrected chi connectivity index (χ1v) is 10.5. The number of carbonyl (C=O) groups is 1. The topological polar surface area (TPSA) is 40.1 Å². The van der Waals surface area contributed by atoms with Crippen LogP contribution in [0.15, 0.2) is 36.0 Å². The lowest BCUT2D eigenvalue weighted by molar-refractivity contribution is -0.297. The second-order valence-electron chi connectivity index (χ2n) is 7.30. The zero-order valence-electron chi connectivity index (χ0n) is 16.1. The molecule has 0 spiro atoms. The number of rotatable bonds is 2. The van der Waals surface area contributed by atoms with E-state index < -0.39 is 5.97 Å². The molecule has 142 valence electrons. The molecule has 0 fully saturated rings. The number of hydrogen-bond acceptors (Lipinski definition) is 2. The minimum absolute atomic E-state index is 0.722. The largest absolute Gasteiger partial charge is 0.545 e. The molecular formula is C23H37O2-. The van der Waals surface area contributed by atoms with E-state index in [1.807, 2.05) is 0 Å². The highest BCUT2D eigenvalue weighted by Crippen LogP contribution is 2.27. The molecule has 2 heteroatoms. The summed E-state index contributed by atoms with van der Waals surface area (Å²) in [6.07, 6.45) is 28.6. The third kappa shape index (κ3) is 11.8. The summed E-state index contributed by atoms with van der Waals surface area (Å²) in [6.45, 7) is 2.90. The molecule has 0 heterocycles. The van der Waals surface area contributed by atoms with Gasteiger partial charge in [0, 0.05) is 0 Å². The van der Waals surface area contributed by atoms with Crippen LogP contribution in [0.25, 0.3) is 0 Å². The van der Waals surface area contributed by atoms with Crippen molar-refractivity contribution in [2.24, 2.45) is 0 Å². The maximum atomic E-state index is 9.14. The lowest BCUT2D eigenvalue weighted by Gasteiger charge is -2.16. The van der Waals surface area contributed by atoms with Crippen molar-refractivity contribution in [1.29, 1.82) is 0 Å². The number of aliphatic carboxylic acids is 1. The van der Waals surface area contributed by atoms with Crippen molar-refractivity contribution in [3.05, 3.63) is 36.0 Å². The third-order valence-corrected chi connectivity index (χ3v) is 5.16. The SMILES string of the molecule is C1=C(/C2=C/CCCCCCCC2)CCCCCCCC/1.C=CC(=O)[O-]. The molecule has 0 unspecified atom stereocenters. The molecule has 0 bridgehead atoms. The van der Waals surface area contributed by atoms with Crippen LogP contribution < -0.4 is 5.11 Å². The van der Waals surface area contributed by atoms with E-state index in [-0.39, 0.29) is 0 Å². The standard InChI is InChI=1S/C20H34.C3H4O2/c1-3-7-11-15-19(16-12-8-4-1)20-17-13-9-5-2-6-10-14-18-20;1-2-3(4)5/h15,17H,1-14,16,18H2;2H,1H2,(H,4,5)/p-1/b19-15+,20-17+;. The smallest absolute Gasteiger partial charge is 0.0636 e. The molecule has 0 N–H and O–H groups in total. The predicted octanol–water partition coefficient (Wildman–Crippen LogP) is 6.03. The maximum Gasteiger partial charge on any atom is 0.0636 e. The van der Waals surface area contributed by atoms with E-state index >= 15 is 0 Å². The van der Waals surface area contributed by atoms with Gasteiger partial charge < -0.3 is 9.90 Å². The van der Waals surface area contributed by atoms with Gasteiger partial charge in [0.25, 0.3) is 0 Å². The van der Waals surface area contributed by atoms with Crippen molar-refractivity contribution in [3.63, 3.8) is 0 Å². The fraction of sp³-hybridized carbons (Fsp3) is 0.696. The van der Waals surface area contributed by atoms with E-state index in [9.17, 15) is 0 Å². The molecule has 0 saturated heterocycles. The van der Waals surface area contributed by atoms with E-state index in [2.05, 4.69) is 18.7 Å². The molecule has 0 atom stereocenters. The molecular weight excluding hydrogens is 308 g/mol. The average molecular weight is 346 g/mol. The van der Waals surface area contributed by atoms with Crippen LogP contribution in [-0.2, 0) is 4.79 Å². The van der Waals surface area contributed by atoms with Crippen molar-refractivity contribution in [1.82, 2.24) is 0 Å². The second-order valence-corrected chi connectivity index (χ2v) is 7.30. The highest BCUT2D eigenvalue weighted by atomic mass is 16.4. The molecule has 0 amide bonds. The molecule has 2 aliphatic carbocycles. The summed E-state index contributed by atoms with van der Waals surface area (Å²) >= 11 is 0. The highest BCUT2D eigenvalue weighted by Gasteiger charge is 2.08. The molecule has 0 aliphatic heterocycles. The normalized spacial score (nSPS) is 25.0. The molecule has 2 aliphatic rings. The van der Waals surface area contributed by atoms with Gasteiger partial charge in [0.2, 0.25) is 0 Å². The van der Waals surface area contributed by atoms with Gasteiger partial charge in [0.1, 0.15) is 0 Å². The van der Waals surface area contributed by atoms with Crippen LogP contribution in [0.3, 0.4) is 0 Å². The third-order valence-electron chi connectivity index (χ3n) is 5.16. The zero-order chi connectivity index (χ0) is 18.2. The summed E-state index contributed by atoms with van der Waals surface area (Å²) in [5.41, 5.74) is 3.46. The van der Waals surface area contributed by atoms with Gasteiger partial charge in [-0.15, -0.1) is 0 Å². The fourth-order valence-corrected chi connectivity index (χ4v) is 3.67. The molecule has 0 aromatic heterocycles. The maximum absolute atomic E-state index is 9.14. The fourth-order valence-electron chi connectivity index (χ4n) is 3.67. The summed E-state index contributed by atoms with van der Waals surface area (Å²) in [4.78, 5) is 9.14. The van der Waals surface area contributed by atoms with E-state index in [0.717, 1.165) is 6.08 Å². The van der Waals surface area contributed by atoms with Gasteiger partial charge in [-0.25, -0.2) is 0 Å². The summed E-state index contributed by atoms with van der Waals surface area (Å²) in [7, 11) is 0. The van der Waals surface area contributed by atoms with Crippen molar-refractivity contribution in [2.45, 2.75) is 103 Å². The zero-order valence-corrected chi connectivity index (χ0v) is 16.1. The van der Waals surface area contributed by atoms with Crippen molar-refractivity contribution in [3.8, 4) is 0 Å². The van der Waals surface area contributed by atoms with Gasteiger partial charge >= 0.3 is 0 Å². The Bertz CT molecular complexity index is 399. The van der Waals surface area contributed by atoms with E-state index in [1.165, 1.54) is 103 Å². The van der Waals surface area contributed by atoms with Gasteiger partial charge in [-0.1, -0.05) is 70.1 Å². The Morgan fingerprint density at radius 3 is 1.40 bits per heavy atom. The van der Waals surface area contributed by atoms with E-state index in [4.69, 9.17) is 9.90 Å². The minimum Gasteiger partial charge on any atom is -0.545 e. The minimum atomic E-state index is -1.23. The van der Waals surface area contributed by atoms with Crippen LogP contribution in [-0.4, -0.2) is 5.97 Å². The molecule has 0 radical (unpaired) electrons. The van der Waals surface area contributed by atoms with E-state index in [1.54, 1.807) is 11.1 Å². The Labute approximate surface area is 155 Å². The Balaban J connectivity index is 0.000000550. The van der Waals surface area contributed by atoms with Crippen LogP contribution in [0.4, 0.5) is 0 Å². The van der Waals surface area contributed by atoms with Crippen LogP contribution in [0.5, 0.6) is 0 Å². The van der Waals surface area contributed by atoms with Gasteiger partial charge in [0.05, 0.1) is 5.97 Å². The van der Waals surface area contributed by atoms with Gasteiger partial charge in [-0.2, -0.15) is 0 Å². The van der Waals surface area contributed by atoms with Crippen molar-refractivity contribution in [2.75, 3.05) is 0 Å². The summed E-state index contributed by atoms with van der Waals surface area (Å²) < 4.78 is 0. The first-order chi connectivity index (χ1) is 12.2. The number of carboxylic acid groups (broad SMARTS) is 1. The van der Waals surface area contributed by atoms with Crippen LogP contribution in [0, 0.1) is 0 Å². The summed E-state index contributed by atoms with van der Waals surface area (Å²) in [5, 5.41) is 9.14. The quantitative estimate of drug-likeness (QED) is 0.573. The number of hydrogen-bond donors (Lipinski definition) is 0. The summed E-state index contributed by atoms with van der Waals surface area (Å²) in [6, 6.07) is 0. The average Bonchev–Trinajstić information content (AvgIpc) is 2.64. The summed E-state index contributed by atoms with van der Waals surface area (Å²) in [5.74, 6) is -1.23. The Hall–Kier alpha value is -1.31.